The van der Waals surface area contributed by atoms with Gasteiger partial charge in [0.2, 0.25) is 0 Å². The Bertz CT molecular complexity index is 458. The van der Waals surface area contributed by atoms with Crippen molar-refractivity contribution in [1.29, 1.82) is 0 Å². The number of nitrogens with zero attached hydrogens (tertiary/aromatic N) is 1. The molecule has 0 heterocycles. The summed E-state index contributed by atoms with van der Waals surface area (Å²) in [5.41, 5.74) is 0.873. The van der Waals surface area contributed by atoms with Gasteiger partial charge >= 0.3 is 5.97 Å². The van der Waals surface area contributed by atoms with Crippen LogP contribution >= 0.6 is 11.6 Å². The van der Waals surface area contributed by atoms with Gasteiger partial charge in [0, 0.05) is 18.6 Å². The largest absolute Gasteiger partial charge is 0.478 e. The van der Waals surface area contributed by atoms with Gasteiger partial charge in [-0.05, 0) is 37.0 Å². The topological polar surface area (TPSA) is 60.8 Å². The highest BCUT2D eigenvalue weighted by Gasteiger charge is 2.28. The number of anilines is 1. The predicted octanol–water partition coefficient (Wildman–Crippen LogP) is 2.25. The number of halogens is 1. The second-order valence-corrected chi connectivity index (χ2v) is 5.27. The van der Waals surface area contributed by atoms with Gasteiger partial charge in [0.05, 0.1) is 17.4 Å². The van der Waals surface area contributed by atoms with E-state index in [1.165, 1.54) is 6.07 Å². The van der Waals surface area contributed by atoms with Crippen molar-refractivity contribution in [2.45, 2.75) is 18.9 Å². The number of carboxylic acid groups (broad SMARTS) is 1. The van der Waals surface area contributed by atoms with Gasteiger partial charge in [0.15, 0.2) is 0 Å². The lowest BCUT2D eigenvalue weighted by molar-refractivity contribution is 0.0463. The van der Waals surface area contributed by atoms with Crippen LogP contribution in [-0.4, -0.2) is 35.9 Å². The molecule has 98 valence electrons. The van der Waals surface area contributed by atoms with E-state index in [-0.39, 0.29) is 11.7 Å². The summed E-state index contributed by atoms with van der Waals surface area (Å²) in [6.45, 7) is 0.749. The van der Waals surface area contributed by atoms with Crippen LogP contribution < -0.4 is 4.90 Å². The number of hydrogen-bond acceptors (Lipinski definition) is 3. The Morgan fingerprint density at radius 1 is 1.50 bits per heavy atom. The van der Waals surface area contributed by atoms with Gasteiger partial charge in [-0.3, -0.25) is 0 Å². The molecule has 0 atom stereocenters. The summed E-state index contributed by atoms with van der Waals surface area (Å²) >= 11 is 5.81. The van der Waals surface area contributed by atoms with Gasteiger partial charge in [0.1, 0.15) is 0 Å². The molecule has 2 rings (SSSR count). The van der Waals surface area contributed by atoms with Crippen molar-refractivity contribution in [2.24, 2.45) is 5.92 Å². The summed E-state index contributed by atoms with van der Waals surface area (Å²) in [7, 11) is 1.86. The average Bonchev–Trinajstić information content (AvgIpc) is 2.26. The first kappa shape index (κ1) is 13.2. The molecule has 1 aromatic rings. The Hall–Kier alpha value is -1.26. The fourth-order valence-corrected chi connectivity index (χ4v) is 2.52. The van der Waals surface area contributed by atoms with Crippen LogP contribution in [0.15, 0.2) is 18.2 Å². The maximum absolute atomic E-state index is 11.2. The Morgan fingerprint density at radius 2 is 2.17 bits per heavy atom. The van der Waals surface area contributed by atoms with Crippen LogP contribution in [0.1, 0.15) is 23.2 Å². The van der Waals surface area contributed by atoms with Gasteiger partial charge in [0.25, 0.3) is 0 Å². The van der Waals surface area contributed by atoms with Crippen LogP contribution in [0.5, 0.6) is 0 Å². The maximum Gasteiger partial charge on any atom is 0.337 e. The van der Waals surface area contributed by atoms with Gasteiger partial charge in [-0.2, -0.15) is 0 Å². The number of carboxylic acids is 1. The van der Waals surface area contributed by atoms with E-state index < -0.39 is 5.97 Å². The monoisotopic (exact) mass is 269 g/mol. The number of carbonyl (C=O) groups is 1. The predicted molar refractivity (Wildman–Crippen MR) is 70.4 cm³/mol. The lowest BCUT2D eigenvalue weighted by Gasteiger charge is -2.35. The van der Waals surface area contributed by atoms with E-state index in [0.29, 0.717) is 16.6 Å². The van der Waals surface area contributed by atoms with Crippen LogP contribution in [-0.2, 0) is 0 Å². The molecular formula is C13H16ClNO3. The van der Waals surface area contributed by atoms with E-state index >= 15 is 0 Å². The quantitative estimate of drug-likeness (QED) is 0.880. The van der Waals surface area contributed by atoms with E-state index in [1.54, 1.807) is 12.1 Å². The second kappa shape index (κ2) is 5.16. The van der Waals surface area contributed by atoms with Crippen LogP contribution in [0.3, 0.4) is 0 Å². The number of aliphatic hydroxyl groups is 1. The minimum Gasteiger partial charge on any atom is -0.478 e. The molecule has 2 N–H and O–H groups in total. The van der Waals surface area contributed by atoms with Crippen LogP contribution in [0.2, 0.25) is 5.02 Å². The standard InChI is InChI=1S/C13H16ClNO3/c1-15(7-8-4-10(16)5-8)12-3-2-9(14)6-11(12)13(17)18/h2-3,6,8,10,16H,4-5,7H2,1H3,(H,17,18). The molecule has 0 aromatic heterocycles. The number of aliphatic hydroxyl groups excluding tert-OH is 1. The molecule has 0 radical (unpaired) electrons. The molecule has 1 aromatic carbocycles. The van der Waals surface area contributed by atoms with Gasteiger partial charge in [-0.15, -0.1) is 0 Å². The first-order valence-corrected chi connectivity index (χ1v) is 6.27. The van der Waals surface area contributed by atoms with Crippen molar-refractivity contribution in [3.8, 4) is 0 Å². The molecule has 0 amide bonds. The second-order valence-electron chi connectivity index (χ2n) is 4.84. The Balaban J connectivity index is 2.13. The molecule has 0 unspecified atom stereocenters. The van der Waals surface area contributed by atoms with Crippen LogP contribution in [0, 0.1) is 5.92 Å². The van der Waals surface area contributed by atoms with E-state index in [2.05, 4.69) is 0 Å². The van der Waals surface area contributed by atoms with E-state index in [1.807, 2.05) is 11.9 Å². The molecule has 1 saturated carbocycles. The van der Waals surface area contributed by atoms with E-state index in [9.17, 15) is 9.90 Å². The summed E-state index contributed by atoms with van der Waals surface area (Å²) in [5.74, 6) is -0.546. The Labute approximate surface area is 111 Å². The normalized spacial score (nSPS) is 22.4. The molecule has 0 bridgehead atoms. The van der Waals surface area contributed by atoms with Crippen molar-refractivity contribution in [2.75, 3.05) is 18.5 Å². The molecule has 1 aliphatic rings. The molecule has 1 fully saturated rings. The zero-order chi connectivity index (χ0) is 13.3. The Morgan fingerprint density at radius 3 is 2.72 bits per heavy atom. The molecule has 5 heteroatoms. The molecule has 1 aliphatic carbocycles. The summed E-state index contributed by atoms with van der Waals surface area (Å²) in [6.07, 6.45) is 1.40. The van der Waals surface area contributed by atoms with Crippen molar-refractivity contribution >= 4 is 23.3 Å². The average molecular weight is 270 g/mol. The number of hydrogen-bond donors (Lipinski definition) is 2. The fraction of sp³-hybridized carbons (Fsp3) is 0.462. The fourth-order valence-electron chi connectivity index (χ4n) is 2.35. The summed E-state index contributed by atoms with van der Waals surface area (Å²) in [6, 6.07) is 4.88. The molecular weight excluding hydrogens is 254 g/mol. The third-order valence-corrected chi connectivity index (χ3v) is 3.58. The zero-order valence-corrected chi connectivity index (χ0v) is 10.9. The first-order valence-electron chi connectivity index (χ1n) is 5.89. The van der Waals surface area contributed by atoms with Gasteiger partial charge < -0.3 is 15.1 Å². The van der Waals surface area contributed by atoms with Crippen LogP contribution in [0.25, 0.3) is 0 Å². The highest BCUT2D eigenvalue weighted by Crippen LogP contribution is 2.30. The number of aromatic carboxylic acids is 1. The lowest BCUT2D eigenvalue weighted by atomic mass is 9.82. The summed E-state index contributed by atoms with van der Waals surface area (Å²) < 4.78 is 0. The van der Waals surface area contributed by atoms with Crippen LogP contribution in [0.4, 0.5) is 5.69 Å². The smallest absolute Gasteiger partial charge is 0.337 e. The van der Waals surface area contributed by atoms with E-state index in [0.717, 1.165) is 19.4 Å². The maximum atomic E-state index is 11.2. The minimum atomic E-state index is -0.979. The molecule has 0 aliphatic heterocycles. The lowest BCUT2D eigenvalue weighted by Crippen LogP contribution is -2.37. The number of rotatable bonds is 4. The molecule has 0 saturated heterocycles. The van der Waals surface area contributed by atoms with Crippen molar-refractivity contribution < 1.29 is 15.0 Å². The van der Waals surface area contributed by atoms with Gasteiger partial charge in [-0.25, -0.2) is 4.79 Å². The highest BCUT2D eigenvalue weighted by atomic mass is 35.5. The summed E-state index contributed by atoms with van der Waals surface area (Å²) in [5, 5.41) is 18.8. The van der Waals surface area contributed by atoms with Gasteiger partial charge in [-0.1, -0.05) is 11.6 Å². The third kappa shape index (κ3) is 2.76. The van der Waals surface area contributed by atoms with Crippen molar-refractivity contribution in [3.05, 3.63) is 28.8 Å². The van der Waals surface area contributed by atoms with Crippen molar-refractivity contribution in [1.82, 2.24) is 0 Å². The molecule has 4 nitrogen and oxygen atoms in total. The number of benzene rings is 1. The van der Waals surface area contributed by atoms with E-state index in [4.69, 9.17) is 16.7 Å². The first-order chi connectivity index (χ1) is 8.47. The minimum absolute atomic E-state index is 0.187. The Kier molecular flexibility index (Phi) is 3.78. The third-order valence-electron chi connectivity index (χ3n) is 3.34. The summed E-state index contributed by atoms with van der Waals surface area (Å²) in [4.78, 5) is 13.1. The molecule has 18 heavy (non-hydrogen) atoms. The molecule has 0 spiro atoms. The zero-order valence-electron chi connectivity index (χ0n) is 10.1. The SMILES string of the molecule is CN(CC1CC(O)C1)c1ccc(Cl)cc1C(=O)O. The van der Waals surface area contributed by atoms with Crippen molar-refractivity contribution in [3.63, 3.8) is 0 Å². The highest BCUT2D eigenvalue weighted by molar-refractivity contribution is 6.31.